The van der Waals surface area contributed by atoms with Crippen LogP contribution in [0, 0.1) is 23.2 Å². The fourth-order valence-electron chi connectivity index (χ4n) is 7.20. The van der Waals surface area contributed by atoms with Crippen molar-refractivity contribution in [3.63, 3.8) is 0 Å². The molecule has 5 aliphatic rings. The Kier molecular flexibility index (Phi) is 4.29. The number of anilines is 1. The molecule has 1 aliphatic heterocycles. The number of nitrogens with zero attached hydrogens (tertiary/aromatic N) is 1. The first-order valence-corrected chi connectivity index (χ1v) is 11.0. The van der Waals surface area contributed by atoms with Crippen LogP contribution in [0.25, 0.3) is 0 Å². The van der Waals surface area contributed by atoms with Gasteiger partial charge in [0, 0.05) is 11.7 Å². The van der Waals surface area contributed by atoms with Crippen LogP contribution < -0.4 is 4.90 Å². The Labute approximate surface area is 167 Å². The fourth-order valence-corrected chi connectivity index (χ4v) is 7.20. The monoisotopic (exact) mass is 381 g/mol. The number of hydrogen-bond donors (Lipinski definition) is 0. The number of carbonyl (C=O) groups excluding carboxylic acids is 2. The van der Waals surface area contributed by atoms with Crippen LogP contribution in [0.15, 0.2) is 24.3 Å². The van der Waals surface area contributed by atoms with Crippen LogP contribution in [0.4, 0.5) is 5.69 Å². The molecule has 4 fully saturated rings. The minimum atomic E-state index is -0.727. The zero-order valence-electron chi connectivity index (χ0n) is 17.0. The normalized spacial score (nSPS) is 36.3. The molecule has 0 saturated heterocycles. The molecule has 1 heterocycles. The maximum absolute atomic E-state index is 13.1. The van der Waals surface area contributed by atoms with E-state index < -0.39 is 6.10 Å². The zero-order chi connectivity index (χ0) is 19.5. The third kappa shape index (κ3) is 3.05. The summed E-state index contributed by atoms with van der Waals surface area (Å²) in [4.78, 5) is 27.7. The van der Waals surface area contributed by atoms with Crippen molar-refractivity contribution in [1.82, 2.24) is 0 Å². The molecule has 4 saturated carbocycles. The quantitative estimate of drug-likeness (QED) is 0.721. The van der Waals surface area contributed by atoms with Gasteiger partial charge in [0.25, 0.3) is 5.91 Å². The number of ether oxygens (including phenoxy) is 1. The van der Waals surface area contributed by atoms with Crippen molar-refractivity contribution >= 4 is 17.6 Å². The van der Waals surface area contributed by atoms with Gasteiger partial charge in [0.2, 0.25) is 0 Å². The predicted molar refractivity (Wildman–Crippen MR) is 108 cm³/mol. The van der Waals surface area contributed by atoms with Crippen molar-refractivity contribution in [1.29, 1.82) is 0 Å². The number of fused-ring (bicyclic) bond motifs is 1. The van der Waals surface area contributed by atoms with Crippen LogP contribution >= 0.6 is 0 Å². The Bertz CT molecular complexity index is 766. The van der Waals surface area contributed by atoms with E-state index in [0.29, 0.717) is 6.42 Å². The molecule has 4 nitrogen and oxygen atoms in total. The van der Waals surface area contributed by atoms with E-state index in [2.05, 4.69) is 13.0 Å². The van der Waals surface area contributed by atoms with Crippen molar-refractivity contribution in [2.24, 2.45) is 23.2 Å². The molecular formula is C24H31NO3. The van der Waals surface area contributed by atoms with Crippen molar-refractivity contribution < 1.29 is 14.3 Å². The number of carbonyl (C=O) groups is 2. The molecule has 6 rings (SSSR count). The second-order valence-electron chi connectivity index (χ2n) is 10.1. The van der Waals surface area contributed by atoms with E-state index in [9.17, 15) is 9.59 Å². The third-order valence-electron chi connectivity index (χ3n) is 7.79. The van der Waals surface area contributed by atoms with Crippen molar-refractivity contribution in [3.05, 3.63) is 29.8 Å². The largest absolute Gasteiger partial charge is 0.453 e. The average molecular weight is 382 g/mol. The average Bonchev–Trinajstić information content (AvgIpc) is 2.94. The summed E-state index contributed by atoms with van der Waals surface area (Å²) < 4.78 is 5.70. The molecule has 28 heavy (non-hydrogen) atoms. The number of benzene rings is 1. The first-order chi connectivity index (χ1) is 13.4. The highest BCUT2D eigenvalue weighted by atomic mass is 16.5. The molecule has 4 aliphatic carbocycles. The highest BCUT2D eigenvalue weighted by Crippen LogP contribution is 2.61. The van der Waals surface area contributed by atoms with E-state index in [-0.39, 0.29) is 23.3 Å². The second-order valence-corrected chi connectivity index (χ2v) is 10.1. The lowest BCUT2D eigenvalue weighted by Crippen LogP contribution is -2.48. The minimum Gasteiger partial charge on any atom is -0.453 e. The maximum Gasteiger partial charge on any atom is 0.307 e. The van der Waals surface area contributed by atoms with Crippen LogP contribution in [0.3, 0.4) is 0 Å². The Balaban J connectivity index is 1.24. The Morgan fingerprint density at radius 1 is 1.11 bits per heavy atom. The summed E-state index contributed by atoms with van der Waals surface area (Å²) in [7, 11) is 0. The van der Waals surface area contributed by atoms with Gasteiger partial charge in [0.1, 0.15) is 0 Å². The molecule has 0 N–H and O–H groups in total. The minimum absolute atomic E-state index is 0.101. The Morgan fingerprint density at radius 2 is 1.71 bits per heavy atom. The van der Waals surface area contributed by atoms with Crippen LogP contribution in [-0.2, 0) is 20.7 Å². The van der Waals surface area contributed by atoms with Gasteiger partial charge < -0.3 is 9.64 Å². The molecule has 0 spiro atoms. The van der Waals surface area contributed by atoms with Crippen LogP contribution in [0.1, 0.15) is 64.4 Å². The number of rotatable bonds is 4. The molecule has 4 heteroatoms. The van der Waals surface area contributed by atoms with Gasteiger partial charge in [-0.2, -0.15) is 0 Å². The maximum atomic E-state index is 13.1. The lowest BCUT2D eigenvalue weighted by Gasteiger charge is -2.56. The van der Waals surface area contributed by atoms with E-state index in [1.807, 2.05) is 23.1 Å². The standard InChI is InChI=1S/C24H31NO3/c1-15-7-20-5-3-4-6-21(20)25(15)23(27)16(2)28-22(26)14-24-11-17-8-18(12-24)10-19(9-17)13-24/h3-6,15-19H,7-14H2,1-2H3/t15-,16-,17?,18?,19?,24?/m0/s1. The first-order valence-electron chi connectivity index (χ1n) is 11.0. The van der Waals surface area contributed by atoms with Crippen molar-refractivity contribution in [2.75, 3.05) is 4.90 Å². The molecule has 1 amide bonds. The summed E-state index contributed by atoms with van der Waals surface area (Å²) in [6.45, 7) is 3.79. The van der Waals surface area contributed by atoms with Gasteiger partial charge in [0.05, 0.1) is 6.42 Å². The van der Waals surface area contributed by atoms with E-state index in [1.54, 1.807) is 6.92 Å². The van der Waals surface area contributed by atoms with Crippen molar-refractivity contribution in [3.8, 4) is 0 Å². The number of para-hydroxylation sites is 1. The predicted octanol–water partition coefficient (Wildman–Crippen LogP) is 4.50. The number of esters is 1. The molecule has 0 unspecified atom stereocenters. The zero-order valence-corrected chi connectivity index (χ0v) is 17.0. The molecule has 4 bridgehead atoms. The van der Waals surface area contributed by atoms with E-state index in [0.717, 1.165) is 29.9 Å². The Hall–Kier alpha value is -1.84. The molecule has 1 aromatic rings. The summed E-state index contributed by atoms with van der Waals surface area (Å²) in [5.41, 5.74) is 2.31. The molecule has 150 valence electrons. The van der Waals surface area contributed by atoms with Crippen molar-refractivity contribution in [2.45, 2.75) is 77.4 Å². The van der Waals surface area contributed by atoms with Gasteiger partial charge in [-0.05, 0) is 93.6 Å². The van der Waals surface area contributed by atoms with E-state index in [4.69, 9.17) is 4.74 Å². The molecular weight excluding hydrogens is 350 g/mol. The lowest BCUT2D eigenvalue weighted by molar-refractivity contribution is -0.160. The smallest absolute Gasteiger partial charge is 0.307 e. The summed E-state index contributed by atoms with van der Waals surface area (Å²) >= 11 is 0. The van der Waals surface area contributed by atoms with E-state index in [1.165, 1.54) is 44.1 Å². The van der Waals surface area contributed by atoms with Gasteiger partial charge in [0.15, 0.2) is 6.10 Å². The third-order valence-corrected chi connectivity index (χ3v) is 7.79. The van der Waals surface area contributed by atoms with Gasteiger partial charge in [-0.1, -0.05) is 18.2 Å². The van der Waals surface area contributed by atoms with Gasteiger partial charge >= 0.3 is 5.97 Å². The van der Waals surface area contributed by atoms with Crippen LogP contribution in [-0.4, -0.2) is 24.0 Å². The second kappa shape index (κ2) is 6.60. The first kappa shape index (κ1) is 18.2. The highest BCUT2D eigenvalue weighted by Gasteiger charge is 2.52. The summed E-state index contributed by atoms with van der Waals surface area (Å²) in [6.07, 6.45) is 8.30. The van der Waals surface area contributed by atoms with Gasteiger partial charge in [-0.15, -0.1) is 0 Å². The summed E-state index contributed by atoms with van der Waals surface area (Å²) in [6, 6.07) is 8.13. The number of amides is 1. The molecule has 2 atom stereocenters. The molecule has 1 aromatic carbocycles. The summed E-state index contributed by atoms with van der Waals surface area (Å²) in [5, 5.41) is 0. The van der Waals surface area contributed by atoms with E-state index >= 15 is 0 Å². The fraction of sp³-hybridized carbons (Fsp3) is 0.667. The van der Waals surface area contributed by atoms with Crippen LogP contribution in [0.5, 0.6) is 0 Å². The topological polar surface area (TPSA) is 46.6 Å². The highest BCUT2D eigenvalue weighted by molar-refractivity contribution is 5.99. The molecule has 0 radical (unpaired) electrons. The number of hydrogen-bond acceptors (Lipinski definition) is 3. The molecule has 0 aromatic heterocycles. The lowest BCUT2D eigenvalue weighted by atomic mass is 9.49. The summed E-state index contributed by atoms with van der Waals surface area (Å²) in [5.74, 6) is 2.18. The SMILES string of the molecule is C[C@H](OC(=O)CC12CC3CC(CC(C3)C1)C2)C(=O)N1c2ccccc2C[C@@H]1C. The van der Waals surface area contributed by atoms with Gasteiger partial charge in [-0.3, -0.25) is 9.59 Å². The van der Waals surface area contributed by atoms with Crippen LogP contribution in [0.2, 0.25) is 0 Å². The Morgan fingerprint density at radius 3 is 2.36 bits per heavy atom. The van der Waals surface area contributed by atoms with Gasteiger partial charge in [-0.25, -0.2) is 0 Å².